The number of ketones is 2. The molecule has 0 saturated heterocycles. The second kappa shape index (κ2) is 10.7. The lowest BCUT2D eigenvalue weighted by atomic mass is 9.85. The smallest absolute Gasteiger partial charge is 0.174 e. The van der Waals surface area contributed by atoms with Crippen LogP contribution in [0.3, 0.4) is 0 Å². The van der Waals surface area contributed by atoms with Crippen molar-refractivity contribution in [3.63, 3.8) is 0 Å². The number of carbonyl (C=O) groups is 2. The van der Waals surface area contributed by atoms with Crippen LogP contribution in [0.25, 0.3) is 5.57 Å². The Hall–Kier alpha value is -4.04. The lowest BCUT2D eigenvalue weighted by Crippen LogP contribution is -2.24. The average molecular weight is 445 g/mol. The van der Waals surface area contributed by atoms with Crippen LogP contribution in [0.2, 0.25) is 0 Å². The van der Waals surface area contributed by atoms with Crippen molar-refractivity contribution in [3.05, 3.63) is 149 Å². The molecule has 0 fully saturated rings. The van der Waals surface area contributed by atoms with Gasteiger partial charge in [-0.1, -0.05) is 126 Å². The minimum Gasteiger partial charge on any atom is -0.293 e. The van der Waals surface area contributed by atoms with Gasteiger partial charge in [-0.05, 0) is 37.0 Å². The molecule has 34 heavy (non-hydrogen) atoms. The van der Waals surface area contributed by atoms with Crippen LogP contribution in [0.15, 0.2) is 115 Å². The maximum atomic E-state index is 13.5. The third-order valence-corrected chi connectivity index (χ3v) is 6.03. The van der Waals surface area contributed by atoms with E-state index in [4.69, 9.17) is 0 Å². The third kappa shape index (κ3) is 5.47. The van der Waals surface area contributed by atoms with Gasteiger partial charge >= 0.3 is 0 Å². The number of hydrogen-bond acceptors (Lipinski definition) is 2. The summed E-state index contributed by atoms with van der Waals surface area (Å²) in [6, 6.07) is 34.9. The Bertz CT molecular complexity index is 1180. The van der Waals surface area contributed by atoms with E-state index in [0.717, 1.165) is 16.7 Å². The molecule has 0 unspecified atom stereocenters. The predicted octanol–water partition coefficient (Wildman–Crippen LogP) is 7.51. The van der Waals surface area contributed by atoms with E-state index in [0.29, 0.717) is 17.5 Å². The van der Waals surface area contributed by atoms with Crippen molar-refractivity contribution in [2.24, 2.45) is 5.92 Å². The van der Waals surface area contributed by atoms with Crippen LogP contribution in [0.5, 0.6) is 0 Å². The number of benzene rings is 4. The summed E-state index contributed by atoms with van der Waals surface area (Å²) in [5, 5.41) is 0. The molecule has 0 aliphatic heterocycles. The Morgan fingerprint density at radius 3 is 1.32 bits per heavy atom. The fourth-order valence-electron chi connectivity index (χ4n) is 4.04. The molecule has 2 heteroatoms. The first-order chi connectivity index (χ1) is 16.5. The molecule has 0 spiro atoms. The van der Waals surface area contributed by atoms with Crippen molar-refractivity contribution in [2.45, 2.75) is 20.3 Å². The topological polar surface area (TPSA) is 34.1 Å². The Balaban J connectivity index is 1.76. The molecule has 4 aromatic rings. The molecule has 0 bridgehead atoms. The lowest BCUT2D eigenvalue weighted by Gasteiger charge is -2.16. The fourth-order valence-corrected chi connectivity index (χ4v) is 4.04. The standard InChI is InChI=1S/C32H28O2/c1-23-13-17-25(18-14-23)29(26-19-15-24(2)16-20-26)21-22-30(31(33)27-9-5-3-6-10-27)32(34)28-11-7-4-8-12-28/h3-21,30H,22H2,1-2H3. The largest absolute Gasteiger partial charge is 0.293 e. The monoisotopic (exact) mass is 444 g/mol. The molecule has 2 nitrogen and oxygen atoms in total. The summed E-state index contributed by atoms with van der Waals surface area (Å²) >= 11 is 0. The predicted molar refractivity (Wildman–Crippen MR) is 139 cm³/mol. The van der Waals surface area contributed by atoms with Gasteiger partial charge < -0.3 is 0 Å². The van der Waals surface area contributed by atoms with Crippen molar-refractivity contribution in [1.82, 2.24) is 0 Å². The number of allylic oxidation sites excluding steroid dienone is 1. The molecular weight excluding hydrogens is 416 g/mol. The second-order valence-corrected chi connectivity index (χ2v) is 8.60. The fraction of sp³-hybridized carbons (Fsp3) is 0.125. The summed E-state index contributed by atoms with van der Waals surface area (Å²) in [6.45, 7) is 4.12. The van der Waals surface area contributed by atoms with E-state index in [-0.39, 0.29) is 11.6 Å². The highest BCUT2D eigenvalue weighted by Crippen LogP contribution is 2.28. The first kappa shape index (κ1) is 23.1. The first-order valence-electron chi connectivity index (χ1n) is 11.6. The Morgan fingerprint density at radius 2 is 0.941 bits per heavy atom. The first-order valence-corrected chi connectivity index (χ1v) is 11.6. The van der Waals surface area contributed by atoms with E-state index >= 15 is 0 Å². The molecular formula is C32H28O2. The van der Waals surface area contributed by atoms with Gasteiger partial charge in [0.05, 0.1) is 5.92 Å². The van der Waals surface area contributed by atoms with Gasteiger partial charge in [0.25, 0.3) is 0 Å². The van der Waals surface area contributed by atoms with E-state index < -0.39 is 5.92 Å². The Morgan fingerprint density at radius 1 is 0.559 bits per heavy atom. The van der Waals surface area contributed by atoms with Gasteiger partial charge in [-0.2, -0.15) is 0 Å². The van der Waals surface area contributed by atoms with Gasteiger partial charge in [0.2, 0.25) is 0 Å². The SMILES string of the molecule is Cc1ccc(C(=CCC(C(=O)c2ccccc2)C(=O)c2ccccc2)c2ccc(C)cc2)cc1. The summed E-state index contributed by atoms with van der Waals surface area (Å²) in [4.78, 5) is 27.0. The number of Topliss-reactive ketones (excluding diaryl/α,β-unsaturated/α-hetero) is 2. The van der Waals surface area contributed by atoms with E-state index in [1.165, 1.54) is 11.1 Å². The maximum Gasteiger partial charge on any atom is 0.174 e. The molecule has 0 atom stereocenters. The minimum absolute atomic E-state index is 0.155. The van der Waals surface area contributed by atoms with Crippen molar-refractivity contribution < 1.29 is 9.59 Å². The number of carbonyl (C=O) groups excluding carboxylic acids is 2. The summed E-state index contributed by atoms with van der Waals surface area (Å²) in [5.41, 5.74) is 6.62. The summed E-state index contributed by atoms with van der Waals surface area (Å²) in [5.74, 6) is -1.11. The molecule has 0 amide bonds. The third-order valence-electron chi connectivity index (χ3n) is 6.03. The van der Waals surface area contributed by atoms with Gasteiger partial charge in [0, 0.05) is 11.1 Å². The molecule has 4 rings (SSSR count). The minimum atomic E-state index is -0.796. The van der Waals surface area contributed by atoms with Crippen LogP contribution in [0.1, 0.15) is 49.4 Å². The quantitative estimate of drug-likeness (QED) is 0.208. The van der Waals surface area contributed by atoms with Gasteiger partial charge in [-0.3, -0.25) is 9.59 Å². The molecule has 0 radical (unpaired) electrons. The van der Waals surface area contributed by atoms with Crippen molar-refractivity contribution >= 4 is 17.1 Å². The molecule has 0 aliphatic rings. The highest BCUT2D eigenvalue weighted by Gasteiger charge is 2.27. The Labute approximate surface area is 201 Å². The van der Waals surface area contributed by atoms with E-state index in [9.17, 15) is 9.59 Å². The van der Waals surface area contributed by atoms with Crippen molar-refractivity contribution in [2.75, 3.05) is 0 Å². The summed E-state index contributed by atoms with van der Waals surface area (Å²) in [6.07, 6.45) is 2.36. The Kier molecular flexibility index (Phi) is 7.29. The van der Waals surface area contributed by atoms with Crippen LogP contribution >= 0.6 is 0 Å². The molecule has 4 aromatic carbocycles. The molecule has 168 valence electrons. The van der Waals surface area contributed by atoms with E-state index in [1.807, 2.05) is 42.5 Å². The zero-order chi connectivity index (χ0) is 23.9. The van der Waals surface area contributed by atoms with Crippen molar-refractivity contribution in [3.8, 4) is 0 Å². The van der Waals surface area contributed by atoms with E-state index in [2.05, 4.69) is 62.4 Å². The van der Waals surface area contributed by atoms with Gasteiger partial charge in [-0.15, -0.1) is 0 Å². The van der Waals surface area contributed by atoms with Crippen LogP contribution in [0, 0.1) is 19.8 Å². The van der Waals surface area contributed by atoms with Crippen LogP contribution in [-0.2, 0) is 0 Å². The van der Waals surface area contributed by atoms with Gasteiger partial charge in [0.1, 0.15) is 0 Å². The summed E-state index contributed by atoms with van der Waals surface area (Å²) in [7, 11) is 0. The number of aryl methyl sites for hydroxylation is 2. The van der Waals surface area contributed by atoms with Crippen LogP contribution in [-0.4, -0.2) is 11.6 Å². The highest BCUT2D eigenvalue weighted by atomic mass is 16.2. The molecule has 0 aliphatic carbocycles. The number of rotatable bonds is 8. The zero-order valence-electron chi connectivity index (χ0n) is 19.6. The van der Waals surface area contributed by atoms with Gasteiger partial charge in [-0.25, -0.2) is 0 Å². The molecule has 0 saturated carbocycles. The van der Waals surface area contributed by atoms with Crippen LogP contribution < -0.4 is 0 Å². The maximum absolute atomic E-state index is 13.5. The van der Waals surface area contributed by atoms with E-state index in [1.54, 1.807) is 24.3 Å². The molecule has 0 aromatic heterocycles. The normalized spacial score (nSPS) is 10.7. The molecule has 0 heterocycles. The highest BCUT2D eigenvalue weighted by molar-refractivity contribution is 6.16. The van der Waals surface area contributed by atoms with Crippen molar-refractivity contribution in [1.29, 1.82) is 0 Å². The summed E-state index contributed by atoms with van der Waals surface area (Å²) < 4.78 is 0. The number of hydrogen-bond donors (Lipinski definition) is 0. The zero-order valence-corrected chi connectivity index (χ0v) is 19.6. The molecule has 0 N–H and O–H groups in total. The lowest BCUT2D eigenvalue weighted by molar-refractivity contribution is 0.0809. The average Bonchev–Trinajstić information content (AvgIpc) is 2.88. The second-order valence-electron chi connectivity index (χ2n) is 8.60. The van der Waals surface area contributed by atoms with Crippen LogP contribution in [0.4, 0.5) is 0 Å². The van der Waals surface area contributed by atoms with Gasteiger partial charge in [0.15, 0.2) is 11.6 Å².